The van der Waals surface area contributed by atoms with Gasteiger partial charge in [-0.05, 0) is 42.0 Å². The fraction of sp³-hybridized carbons (Fsp3) is 0.0952. The van der Waals surface area contributed by atoms with E-state index in [-0.39, 0.29) is 5.56 Å². The van der Waals surface area contributed by atoms with Gasteiger partial charge in [0.1, 0.15) is 12.4 Å². The Morgan fingerprint density at radius 3 is 2.52 bits per heavy atom. The van der Waals surface area contributed by atoms with Crippen LogP contribution in [0.15, 0.2) is 66.7 Å². The minimum absolute atomic E-state index is 0.237. The lowest BCUT2D eigenvalue weighted by molar-refractivity contribution is 0.0697. The molecule has 2 N–H and O–H groups in total. The predicted octanol–water partition coefficient (Wildman–Crippen LogP) is 5.88. The maximum Gasteiger partial charge on any atom is 0.335 e. The summed E-state index contributed by atoms with van der Waals surface area (Å²) in [6, 6.07) is 19.7. The summed E-state index contributed by atoms with van der Waals surface area (Å²) in [6.07, 6.45) is 0. The van der Waals surface area contributed by atoms with Gasteiger partial charge in [0.2, 0.25) is 0 Å². The third-order valence-electron chi connectivity index (χ3n) is 3.94. The van der Waals surface area contributed by atoms with E-state index in [1.165, 1.54) is 0 Å². The smallest absolute Gasteiger partial charge is 0.335 e. The van der Waals surface area contributed by atoms with Crippen molar-refractivity contribution in [2.75, 3.05) is 5.32 Å². The molecule has 6 heteroatoms. The van der Waals surface area contributed by atoms with Crippen molar-refractivity contribution in [2.45, 2.75) is 13.2 Å². The fourth-order valence-electron chi connectivity index (χ4n) is 2.51. The average Bonchev–Trinajstić information content (AvgIpc) is 2.67. The van der Waals surface area contributed by atoms with Crippen LogP contribution in [0.3, 0.4) is 0 Å². The third-order valence-corrected chi connectivity index (χ3v) is 4.61. The van der Waals surface area contributed by atoms with E-state index in [4.69, 9.17) is 33.0 Å². The maximum atomic E-state index is 11.0. The molecule has 0 aliphatic carbocycles. The summed E-state index contributed by atoms with van der Waals surface area (Å²) >= 11 is 12.4. The fourth-order valence-corrected chi connectivity index (χ4v) is 2.96. The first-order valence-corrected chi connectivity index (χ1v) is 9.00. The third kappa shape index (κ3) is 5.16. The molecule has 27 heavy (non-hydrogen) atoms. The number of benzene rings is 3. The van der Waals surface area contributed by atoms with Crippen LogP contribution in [0.2, 0.25) is 10.0 Å². The van der Waals surface area contributed by atoms with Crippen LogP contribution in [0.1, 0.15) is 21.5 Å². The Kier molecular flexibility index (Phi) is 6.22. The number of carbonyl (C=O) groups is 1. The molecule has 0 heterocycles. The second-order valence-electron chi connectivity index (χ2n) is 5.88. The quantitative estimate of drug-likeness (QED) is 0.518. The van der Waals surface area contributed by atoms with Gasteiger partial charge in [-0.1, -0.05) is 53.5 Å². The Balaban J connectivity index is 1.62. The molecule has 3 aromatic carbocycles. The van der Waals surface area contributed by atoms with Gasteiger partial charge >= 0.3 is 5.97 Å². The SMILES string of the molecule is O=C(O)c1cccc(NCc2ccc(OCc3ccccc3Cl)c(Cl)c2)c1. The van der Waals surface area contributed by atoms with Crippen LogP contribution < -0.4 is 10.1 Å². The summed E-state index contributed by atoms with van der Waals surface area (Å²) in [4.78, 5) is 11.0. The van der Waals surface area contributed by atoms with Gasteiger partial charge in [0.25, 0.3) is 0 Å². The van der Waals surface area contributed by atoms with Crippen LogP contribution in [0.25, 0.3) is 0 Å². The van der Waals surface area contributed by atoms with E-state index in [9.17, 15) is 4.79 Å². The Bertz CT molecular complexity index is 960. The van der Waals surface area contributed by atoms with E-state index >= 15 is 0 Å². The normalized spacial score (nSPS) is 10.4. The first-order valence-electron chi connectivity index (χ1n) is 8.25. The van der Waals surface area contributed by atoms with Gasteiger partial charge in [-0.25, -0.2) is 4.79 Å². The number of carboxylic acid groups (broad SMARTS) is 1. The molecule has 0 aliphatic rings. The van der Waals surface area contributed by atoms with Crippen LogP contribution >= 0.6 is 23.2 Å². The molecule has 4 nitrogen and oxygen atoms in total. The number of anilines is 1. The standard InChI is InChI=1S/C21H17Cl2NO3/c22-18-7-2-1-4-16(18)13-27-20-9-8-14(10-19(20)23)12-24-17-6-3-5-15(11-17)21(25)26/h1-11,24H,12-13H2,(H,25,26). The summed E-state index contributed by atoms with van der Waals surface area (Å²) in [7, 11) is 0. The Morgan fingerprint density at radius 1 is 0.963 bits per heavy atom. The number of rotatable bonds is 7. The zero-order chi connectivity index (χ0) is 19.2. The minimum Gasteiger partial charge on any atom is -0.487 e. The molecule has 0 spiro atoms. The highest BCUT2D eigenvalue weighted by atomic mass is 35.5. The van der Waals surface area contributed by atoms with Crippen LogP contribution in [-0.4, -0.2) is 11.1 Å². The number of hydrogen-bond acceptors (Lipinski definition) is 3. The Labute approximate surface area is 167 Å². The lowest BCUT2D eigenvalue weighted by Crippen LogP contribution is -2.02. The van der Waals surface area contributed by atoms with Crippen molar-refractivity contribution >= 4 is 34.9 Å². The highest BCUT2D eigenvalue weighted by Gasteiger charge is 2.07. The largest absolute Gasteiger partial charge is 0.487 e. The number of aromatic carboxylic acids is 1. The summed E-state index contributed by atoms with van der Waals surface area (Å²) in [5, 5.41) is 13.4. The van der Waals surface area contributed by atoms with E-state index in [1.807, 2.05) is 48.5 Å². The van der Waals surface area contributed by atoms with Gasteiger partial charge in [0.15, 0.2) is 0 Å². The number of halogens is 2. The van der Waals surface area contributed by atoms with Crippen LogP contribution in [0, 0.1) is 0 Å². The van der Waals surface area contributed by atoms with Crippen molar-refractivity contribution in [3.63, 3.8) is 0 Å². The molecule has 138 valence electrons. The van der Waals surface area contributed by atoms with Crippen molar-refractivity contribution in [3.05, 3.63) is 93.5 Å². The highest BCUT2D eigenvalue weighted by molar-refractivity contribution is 6.32. The van der Waals surface area contributed by atoms with Crippen molar-refractivity contribution in [2.24, 2.45) is 0 Å². The van der Waals surface area contributed by atoms with E-state index in [2.05, 4.69) is 5.32 Å². The van der Waals surface area contributed by atoms with Crippen LogP contribution in [0.4, 0.5) is 5.69 Å². The highest BCUT2D eigenvalue weighted by Crippen LogP contribution is 2.27. The monoisotopic (exact) mass is 401 g/mol. The first-order chi connectivity index (χ1) is 13.0. The minimum atomic E-state index is -0.957. The van der Waals surface area contributed by atoms with E-state index in [0.717, 1.165) is 16.8 Å². The van der Waals surface area contributed by atoms with Crippen LogP contribution in [-0.2, 0) is 13.2 Å². The van der Waals surface area contributed by atoms with Gasteiger partial charge < -0.3 is 15.2 Å². The van der Waals surface area contributed by atoms with E-state index in [1.54, 1.807) is 18.2 Å². The summed E-state index contributed by atoms with van der Waals surface area (Å²) in [5.74, 6) is -0.380. The van der Waals surface area contributed by atoms with E-state index < -0.39 is 5.97 Å². The number of carboxylic acids is 1. The molecule has 0 radical (unpaired) electrons. The molecule has 0 aliphatic heterocycles. The summed E-state index contributed by atoms with van der Waals surface area (Å²) in [6.45, 7) is 0.840. The van der Waals surface area contributed by atoms with Gasteiger partial charge in [-0.2, -0.15) is 0 Å². The maximum absolute atomic E-state index is 11.0. The summed E-state index contributed by atoms with van der Waals surface area (Å²) < 4.78 is 5.76. The molecule has 3 rings (SSSR count). The van der Waals surface area contributed by atoms with Crippen molar-refractivity contribution in [1.29, 1.82) is 0 Å². The molecule has 0 atom stereocenters. The molecule has 0 amide bonds. The molecule has 0 aromatic heterocycles. The molecule has 3 aromatic rings. The Morgan fingerprint density at radius 2 is 1.78 bits per heavy atom. The number of ether oxygens (including phenoxy) is 1. The van der Waals surface area contributed by atoms with Gasteiger partial charge in [-0.15, -0.1) is 0 Å². The van der Waals surface area contributed by atoms with Crippen molar-refractivity contribution in [3.8, 4) is 5.75 Å². The molecule has 0 bridgehead atoms. The van der Waals surface area contributed by atoms with Crippen LogP contribution in [0.5, 0.6) is 5.75 Å². The zero-order valence-electron chi connectivity index (χ0n) is 14.3. The molecular weight excluding hydrogens is 385 g/mol. The van der Waals surface area contributed by atoms with Gasteiger partial charge in [0.05, 0.1) is 10.6 Å². The second-order valence-corrected chi connectivity index (χ2v) is 6.70. The first kappa shape index (κ1) is 19.1. The predicted molar refractivity (Wildman–Crippen MR) is 108 cm³/mol. The molecule has 0 unspecified atom stereocenters. The van der Waals surface area contributed by atoms with Gasteiger partial charge in [-0.3, -0.25) is 0 Å². The van der Waals surface area contributed by atoms with E-state index in [0.29, 0.717) is 28.9 Å². The van der Waals surface area contributed by atoms with Crippen molar-refractivity contribution in [1.82, 2.24) is 0 Å². The van der Waals surface area contributed by atoms with Crippen molar-refractivity contribution < 1.29 is 14.6 Å². The number of hydrogen-bond donors (Lipinski definition) is 2. The number of nitrogens with one attached hydrogen (secondary N) is 1. The summed E-state index contributed by atoms with van der Waals surface area (Å²) in [5.41, 5.74) is 2.80. The molecule has 0 saturated carbocycles. The second kappa shape index (κ2) is 8.80. The zero-order valence-corrected chi connectivity index (χ0v) is 15.8. The topological polar surface area (TPSA) is 58.6 Å². The molecular formula is C21H17Cl2NO3. The average molecular weight is 402 g/mol. The van der Waals surface area contributed by atoms with Gasteiger partial charge in [0, 0.05) is 22.8 Å². The lowest BCUT2D eigenvalue weighted by atomic mass is 10.2. The lowest BCUT2D eigenvalue weighted by Gasteiger charge is -2.12. The molecule has 0 fully saturated rings. The molecule has 0 saturated heterocycles. The Hall–Kier alpha value is -2.69.